The van der Waals surface area contributed by atoms with E-state index in [1.54, 1.807) is 31.2 Å². The van der Waals surface area contributed by atoms with E-state index < -0.39 is 17.5 Å². The van der Waals surface area contributed by atoms with Gasteiger partial charge in [-0.15, -0.1) is 0 Å². The van der Waals surface area contributed by atoms with Crippen LogP contribution >= 0.6 is 0 Å². The van der Waals surface area contributed by atoms with Gasteiger partial charge in [0, 0.05) is 0 Å². The number of hydrogen-bond donors (Lipinski definition) is 0. The Kier molecular flexibility index (Phi) is 4.77. The molecule has 1 aromatic rings. The van der Waals surface area contributed by atoms with Crippen molar-refractivity contribution >= 4 is 11.9 Å². The maximum atomic E-state index is 12.2. The van der Waals surface area contributed by atoms with Crippen molar-refractivity contribution in [1.82, 2.24) is 0 Å². The molecule has 108 valence electrons. The van der Waals surface area contributed by atoms with Gasteiger partial charge in [0.05, 0.1) is 12.2 Å². The van der Waals surface area contributed by atoms with Crippen LogP contribution in [0.15, 0.2) is 30.3 Å². The van der Waals surface area contributed by atoms with Gasteiger partial charge in [-0.25, -0.2) is 9.59 Å². The van der Waals surface area contributed by atoms with Crippen LogP contribution in [0.5, 0.6) is 0 Å². The van der Waals surface area contributed by atoms with E-state index in [1.807, 2.05) is 6.07 Å². The number of benzene rings is 1. The summed E-state index contributed by atoms with van der Waals surface area (Å²) in [6.07, 6.45) is 3.90. The molecule has 1 aliphatic carbocycles. The molecule has 20 heavy (non-hydrogen) atoms. The average molecular weight is 276 g/mol. The Morgan fingerprint density at radius 1 is 1.10 bits per heavy atom. The molecule has 1 fully saturated rings. The van der Waals surface area contributed by atoms with Crippen molar-refractivity contribution in [2.45, 2.75) is 44.6 Å². The molecule has 0 aromatic heterocycles. The lowest BCUT2D eigenvalue weighted by molar-refractivity contribution is -0.169. The quantitative estimate of drug-likeness (QED) is 0.793. The summed E-state index contributed by atoms with van der Waals surface area (Å²) in [7, 11) is 0. The minimum Gasteiger partial charge on any atom is -0.463 e. The van der Waals surface area contributed by atoms with Crippen LogP contribution in [-0.2, 0) is 14.3 Å². The summed E-state index contributed by atoms with van der Waals surface area (Å²) in [4.78, 5) is 24.4. The van der Waals surface area contributed by atoms with Crippen molar-refractivity contribution < 1.29 is 19.1 Å². The molecule has 0 radical (unpaired) electrons. The van der Waals surface area contributed by atoms with Gasteiger partial charge >= 0.3 is 11.9 Å². The number of esters is 2. The Labute approximate surface area is 119 Å². The molecule has 0 aliphatic heterocycles. The molecule has 0 N–H and O–H groups in total. The van der Waals surface area contributed by atoms with Gasteiger partial charge in [0.1, 0.15) is 0 Å². The standard InChI is InChI=1S/C16H20O4/c1-2-19-15(18)16(11-7-4-8-12-16)20-14(17)13-9-5-3-6-10-13/h3,5-6,9-10H,2,4,7-8,11-12H2,1H3. The van der Waals surface area contributed by atoms with Gasteiger partial charge in [-0.1, -0.05) is 24.6 Å². The zero-order valence-electron chi connectivity index (χ0n) is 11.8. The summed E-state index contributed by atoms with van der Waals surface area (Å²) in [5.41, 5.74) is -0.636. The first-order valence-corrected chi connectivity index (χ1v) is 7.13. The topological polar surface area (TPSA) is 52.6 Å². The van der Waals surface area contributed by atoms with E-state index >= 15 is 0 Å². The van der Waals surface area contributed by atoms with Crippen LogP contribution in [0.25, 0.3) is 0 Å². The smallest absolute Gasteiger partial charge is 0.350 e. The highest BCUT2D eigenvalue weighted by Gasteiger charge is 2.44. The molecule has 0 heterocycles. The van der Waals surface area contributed by atoms with Gasteiger partial charge < -0.3 is 9.47 Å². The van der Waals surface area contributed by atoms with Gasteiger partial charge in [-0.05, 0) is 44.7 Å². The second-order valence-corrected chi connectivity index (χ2v) is 5.03. The van der Waals surface area contributed by atoms with Gasteiger partial charge in [0.2, 0.25) is 5.60 Å². The Morgan fingerprint density at radius 2 is 1.75 bits per heavy atom. The Bertz CT molecular complexity index is 461. The highest BCUT2D eigenvalue weighted by atomic mass is 16.6. The zero-order valence-corrected chi connectivity index (χ0v) is 11.8. The molecule has 0 spiro atoms. The number of ether oxygens (including phenoxy) is 2. The highest BCUT2D eigenvalue weighted by molar-refractivity contribution is 5.92. The van der Waals surface area contributed by atoms with Crippen LogP contribution in [0.2, 0.25) is 0 Å². The molecular formula is C16H20O4. The van der Waals surface area contributed by atoms with Crippen LogP contribution < -0.4 is 0 Å². The van der Waals surface area contributed by atoms with E-state index in [0.29, 0.717) is 25.0 Å². The van der Waals surface area contributed by atoms with Crippen molar-refractivity contribution in [2.24, 2.45) is 0 Å². The van der Waals surface area contributed by atoms with E-state index in [4.69, 9.17) is 9.47 Å². The summed E-state index contributed by atoms with van der Waals surface area (Å²) in [5, 5.41) is 0. The van der Waals surface area contributed by atoms with Gasteiger partial charge in [0.15, 0.2) is 0 Å². The lowest BCUT2D eigenvalue weighted by Crippen LogP contribution is -2.46. The molecule has 0 amide bonds. The van der Waals surface area contributed by atoms with Crippen molar-refractivity contribution in [3.05, 3.63) is 35.9 Å². The summed E-state index contributed by atoms with van der Waals surface area (Å²) < 4.78 is 10.7. The molecule has 0 saturated heterocycles. The fourth-order valence-corrected chi connectivity index (χ4v) is 2.54. The van der Waals surface area contributed by atoms with Gasteiger partial charge in [-0.3, -0.25) is 0 Å². The summed E-state index contributed by atoms with van der Waals surface area (Å²) >= 11 is 0. The lowest BCUT2D eigenvalue weighted by Gasteiger charge is -2.34. The third kappa shape index (κ3) is 3.18. The molecule has 1 aliphatic rings. The average Bonchev–Trinajstić information content (AvgIpc) is 2.49. The maximum Gasteiger partial charge on any atom is 0.350 e. The SMILES string of the molecule is CCOC(=O)C1(OC(=O)c2ccccc2)CCCCC1. The second kappa shape index (κ2) is 6.55. The molecule has 1 saturated carbocycles. The number of carbonyl (C=O) groups excluding carboxylic acids is 2. The molecular weight excluding hydrogens is 256 g/mol. The molecule has 0 atom stereocenters. The van der Waals surface area contributed by atoms with E-state index in [9.17, 15) is 9.59 Å². The van der Waals surface area contributed by atoms with Crippen molar-refractivity contribution in [1.29, 1.82) is 0 Å². The molecule has 1 aromatic carbocycles. The van der Waals surface area contributed by atoms with E-state index in [-0.39, 0.29) is 0 Å². The Hall–Kier alpha value is -1.84. The zero-order chi connectivity index (χ0) is 14.4. The first kappa shape index (κ1) is 14.6. The molecule has 4 nitrogen and oxygen atoms in total. The van der Waals surface area contributed by atoms with E-state index in [0.717, 1.165) is 19.3 Å². The first-order valence-electron chi connectivity index (χ1n) is 7.13. The summed E-state index contributed by atoms with van der Waals surface area (Å²) in [5.74, 6) is -0.871. The minimum atomic E-state index is -1.10. The first-order chi connectivity index (χ1) is 9.68. The molecule has 2 rings (SSSR count). The van der Waals surface area contributed by atoms with Crippen molar-refractivity contribution in [3.8, 4) is 0 Å². The van der Waals surface area contributed by atoms with Gasteiger partial charge in [0.25, 0.3) is 0 Å². The van der Waals surface area contributed by atoms with Crippen LogP contribution in [0.3, 0.4) is 0 Å². The summed E-state index contributed by atoms with van der Waals surface area (Å²) in [6.45, 7) is 2.05. The third-order valence-electron chi connectivity index (χ3n) is 3.61. The van der Waals surface area contributed by atoms with Crippen LogP contribution in [0.1, 0.15) is 49.4 Å². The van der Waals surface area contributed by atoms with E-state index in [1.165, 1.54) is 0 Å². The number of carbonyl (C=O) groups is 2. The number of rotatable bonds is 4. The summed E-state index contributed by atoms with van der Waals surface area (Å²) in [6, 6.07) is 8.75. The maximum absolute atomic E-state index is 12.2. The largest absolute Gasteiger partial charge is 0.463 e. The molecule has 0 unspecified atom stereocenters. The van der Waals surface area contributed by atoms with Crippen LogP contribution in [0, 0.1) is 0 Å². The number of hydrogen-bond acceptors (Lipinski definition) is 4. The minimum absolute atomic E-state index is 0.295. The van der Waals surface area contributed by atoms with Crippen LogP contribution in [0.4, 0.5) is 0 Å². The predicted molar refractivity (Wildman–Crippen MR) is 74.3 cm³/mol. The van der Waals surface area contributed by atoms with Crippen molar-refractivity contribution in [2.75, 3.05) is 6.61 Å². The lowest BCUT2D eigenvalue weighted by atomic mass is 9.84. The second-order valence-electron chi connectivity index (χ2n) is 5.03. The Morgan fingerprint density at radius 3 is 2.35 bits per heavy atom. The normalized spacial score (nSPS) is 17.2. The third-order valence-corrected chi connectivity index (χ3v) is 3.61. The predicted octanol–water partition coefficient (Wildman–Crippen LogP) is 3.11. The Balaban J connectivity index is 2.15. The fraction of sp³-hybridized carbons (Fsp3) is 0.500. The van der Waals surface area contributed by atoms with Crippen LogP contribution in [-0.4, -0.2) is 24.1 Å². The fourth-order valence-electron chi connectivity index (χ4n) is 2.54. The van der Waals surface area contributed by atoms with E-state index in [2.05, 4.69) is 0 Å². The molecule has 0 bridgehead atoms. The van der Waals surface area contributed by atoms with Crippen molar-refractivity contribution in [3.63, 3.8) is 0 Å². The highest BCUT2D eigenvalue weighted by Crippen LogP contribution is 2.33. The monoisotopic (exact) mass is 276 g/mol. The van der Waals surface area contributed by atoms with Gasteiger partial charge in [-0.2, -0.15) is 0 Å². The molecule has 4 heteroatoms.